The van der Waals surface area contributed by atoms with E-state index in [1.165, 1.54) is 0 Å². The third kappa shape index (κ3) is 4.42. The number of amides is 1. The monoisotopic (exact) mass is 390 g/mol. The molecule has 5 nitrogen and oxygen atoms in total. The maximum Gasteiger partial charge on any atom is 0.251 e. The molecule has 1 heterocycles. The molecule has 1 fully saturated rings. The fraction of sp³-hybridized carbons (Fsp3) is 0.292. The van der Waals surface area contributed by atoms with E-state index in [9.17, 15) is 4.79 Å². The largest absolute Gasteiger partial charge is 0.497 e. The van der Waals surface area contributed by atoms with Gasteiger partial charge < -0.3 is 14.8 Å². The Morgan fingerprint density at radius 1 is 1.07 bits per heavy atom. The van der Waals surface area contributed by atoms with Gasteiger partial charge in [-0.3, -0.25) is 9.69 Å². The highest BCUT2D eigenvalue weighted by Crippen LogP contribution is 2.25. The Morgan fingerprint density at radius 3 is 2.66 bits per heavy atom. The van der Waals surface area contributed by atoms with Gasteiger partial charge in [0.05, 0.1) is 26.4 Å². The number of fused-ring (bicyclic) bond motifs is 1. The Morgan fingerprint density at radius 2 is 1.83 bits per heavy atom. The van der Waals surface area contributed by atoms with E-state index in [4.69, 9.17) is 9.47 Å². The van der Waals surface area contributed by atoms with Crippen molar-refractivity contribution in [3.8, 4) is 5.75 Å². The predicted molar refractivity (Wildman–Crippen MR) is 114 cm³/mol. The molecular formula is C24H26N2O3. The number of morpholine rings is 1. The first kappa shape index (κ1) is 19.4. The molecule has 1 atom stereocenters. The smallest absolute Gasteiger partial charge is 0.251 e. The van der Waals surface area contributed by atoms with Crippen LogP contribution in [0.3, 0.4) is 0 Å². The number of nitrogens with zero attached hydrogens (tertiary/aromatic N) is 1. The lowest BCUT2D eigenvalue weighted by Gasteiger charge is -2.35. The summed E-state index contributed by atoms with van der Waals surface area (Å²) in [5.74, 6) is 0.768. The minimum absolute atomic E-state index is 0.0528. The molecular weight excluding hydrogens is 364 g/mol. The molecule has 0 aliphatic carbocycles. The summed E-state index contributed by atoms with van der Waals surface area (Å²) in [5, 5.41) is 5.20. The third-order valence-corrected chi connectivity index (χ3v) is 5.46. The fourth-order valence-electron chi connectivity index (χ4n) is 3.90. The number of hydrogen-bond acceptors (Lipinski definition) is 4. The van der Waals surface area contributed by atoms with Crippen LogP contribution in [0.1, 0.15) is 22.0 Å². The van der Waals surface area contributed by atoms with Crippen molar-refractivity contribution in [1.29, 1.82) is 0 Å². The Kier molecular flexibility index (Phi) is 6.08. The minimum Gasteiger partial charge on any atom is -0.497 e. The average molecular weight is 390 g/mol. The molecule has 0 bridgehead atoms. The summed E-state index contributed by atoms with van der Waals surface area (Å²) in [6.07, 6.45) is 0. The van der Waals surface area contributed by atoms with E-state index in [0.717, 1.165) is 35.2 Å². The molecule has 5 heteroatoms. The molecule has 150 valence electrons. The molecule has 1 aliphatic rings. The van der Waals surface area contributed by atoms with E-state index in [1.54, 1.807) is 7.11 Å². The van der Waals surface area contributed by atoms with Crippen LogP contribution < -0.4 is 10.1 Å². The lowest BCUT2D eigenvalue weighted by atomic mass is 10.0. The third-order valence-electron chi connectivity index (χ3n) is 5.46. The highest BCUT2D eigenvalue weighted by molar-refractivity contribution is 6.07. The van der Waals surface area contributed by atoms with Gasteiger partial charge >= 0.3 is 0 Å². The van der Waals surface area contributed by atoms with Crippen molar-refractivity contribution in [2.75, 3.05) is 40.0 Å². The number of ether oxygens (including phenoxy) is 2. The van der Waals surface area contributed by atoms with Gasteiger partial charge in [-0.15, -0.1) is 0 Å². The maximum atomic E-state index is 13.0. The van der Waals surface area contributed by atoms with Gasteiger partial charge in [0.1, 0.15) is 5.75 Å². The van der Waals surface area contributed by atoms with Crippen molar-refractivity contribution in [2.45, 2.75) is 6.04 Å². The standard InChI is InChI=1S/C24H26N2O3/c1-28-20-9-4-8-19(16-20)23(26-12-14-29-15-13-26)17-25-24(27)22-11-5-7-18-6-2-3-10-21(18)22/h2-11,16,23H,12-15,17H2,1H3,(H,25,27). The van der Waals surface area contributed by atoms with Crippen LogP contribution in [0.2, 0.25) is 0 Å². The second kappa shape index (κ2) is 9.07. The average Bonchev–Trinajstić information content (AvgIpc) is 2.79. The molecule has 1 unspecified atom stereocenters. The van der Waals surface area contributed by atoms with Crippen molar-refractivity contribution >= 4 is 16.7 Å². The van der Waals surface area contributed by atoms with Crippen LogP contribution in [0.15, 0.2) is 66.7 Å². The first-order valence-electron chi connectivity index (χ1n) is 9.98. The van der Waals surface area contributed by atoms with Crippen LogP contribution in [-0.2, 0) is 4.74 Å². The normalized spacial score (nSPS) is 15.8. The molecule has 0 aromatic heterocycles. The maximum absolute atomic E-state index is 13.0. The van der Waals surface area contributed by atoms with E-state index < -0.39 is 0 Å². The number of rotatable bonds is 6. The Labute approximate surface area is 171 Å². The summed E-state index contributed by atoms with van der Waals surface area (Å²) in [5.41, 5.74) is 1.83. The molecule has 1 aliphatic heterocycles. The zero-order valence-electron chi connectivity index (χ0n) is 16.6. The summed E-state index contributed by atoms with van der Waals surface area (Å²) in [7, 11) is 1.67. The van der Waals surface area contributed by atoms with Gasteiger partial charge in [0.25, 0.3) is 5.91 Å². The molecule has 3 aromatic carbocycles. The Hall–Kier alpha value is -2.89. The zero-order chi connectivity index (χ0) is 20.1. The van der Waals surface area contributed by atoms with E-state index in [-0.39, 0.29) is 11.9 Å². The Bertz CT molecular complexity index is 977. The van der Waals surface area contributed by atoms with Crippen LogP contribution in [0.4, 0.5) is 0 Å². The first-order chi connectivity index (χ1) is 14.3. The molecule has 1 saturated heterocycles. The van der Waals surface area contributed by atoms with Gasteiger partial charge in [0, 0.05) is 25.2 Å². The molecule has 1 amide bonds. The van der Waals surface area contributed by atoms with Crippen molar-refractivity contribution in [2.24, 2.45) is 0 Å². The van der Waals surface area contributed by atoms with Crippen molar-refractivity contribution in [3.63, 3.8) is 0 Å². The molecule has 3 aromatic rings. The molecule has 0 spiro atoms. The van der Waals surface area contributed by atoms with Crippen LogP contribution in [-0.4, -0.2) is 50.8 Å². The van der Waals surface area contributed by atoms with Crippen molar-refractivity contribution < 1.29 is 14.3 Å². The number of methoxy groups -OCH3 is 1. The van der Waals surface area contributed by atoms with Crippen LogP contribution >= 0.6 is 0 Å². The van der Waals surface area contributed by atoms with E-state index in [0.29, 0.717) is 25.3 Å². The summed E-state index contributed by atoms with van der Waals surface area (Å²) >= 11 is 0. The van der Waals surface area contributed by atoms with Gasteiger partial charge in [-0.05, 0) is 34.5 Å². The zero-order valence-corrected chi connectivity index (χ0v) is 16.6. The predicted octanol–water partition coefficient (Wildman–Crippen LogP) is 3.65. The highest BCUT2D eigenvalue weighted by Gasteiger charge is 2.24. The van der Waals surface area contributed by atoms with Gasteiger partial charge in [-0.25, -0.2) is 0 Å². The summed E-state index contributed by atoms with van der Waals surface area (Å²) < 4.78 is 10.9. The van der Waals surface area contributed by atoms with Gasteiger partial charge in [0.15, 0.2) is 0 Å². The van der Waals surface area contributed by atoms with Gasteiger partial charge in [-0.2, -0.15) is 0 Å². The minimum atomic E-state index is -0.0528. The van der Waals surface area contributed by atoms with Crippen molar-refractivity contribution in [1.82, 2.24) is 10.2 Å². The highest BCUT2D eigenvalue weighted by atomic mass is 16.5. The lowest BCUT2D eigenvalue weighted by molar-refractivity contribution is 0.0162. The van der Waals surface area contributed by atoms with Crippen LogP contribution in [0.5, 0.6) is 5.75 Å². The van der Waals surface area contributed by atoms with Crippen LogP contribution in [0.25, 0.3) is 10.8 Å². The summed E-state index contributed by atoms with van der Waals surface area (Å²) in [6, 6.07) is 21.9. The molecule has 29 heavy (non-hydrogen) atoms. The summed E-state index contributed by atoms with van der Waals surface area (Å²) in [4.78, 5) is 15.4. The number of benzene rings is 3. The van der Waals surface area contributed by atoms with Crippen molar-refractivity contribution in [3.05, 3.63) is 77.9 Å². The SMILES string of the molecule is COc1cccc(C(CNC(=O)c2cccc3ccccc23)N2CCOCC2)c1. The van der Waals surface area contributed by atoms with Crippen LogP contribution in [0, 0.1) is 0 Å². The first-order valence-corrected chi connectivity index (χ1v) is 9.98. The summed E-state index contributed by atoms with van der Waals surface area (Å²) in [6.45, 7) is 3.61. The molecule has 4 rings (SSSR count). The second-order valence-corrected chi connectivity index (χ2v) is 7.18. The van der Waals surface area contributed by atoms with E-state index in [2.05, 4.69) is 16.3 Å². The fourth-order valence-corrected chi connectivity index (χ4v) is 3.90. The lowest BCUT2D eigenvalue weighted by Crippen LogP contribution is -2.43. The van der Waals surface area contributed by atoms with Gasteiger partial charge in [-0.1, -0.05) is 48.5 Å². The Balaban J connectivity index is 1.56. The van der Waals surface area contributed by atoms with E-state index >= 15 is 0 Å². The van der Waals surface area contributed by atoms with E-state index in [1.807, 2.05) is 60.7 Å². The molecule has 0 saturated carbocycles. The molecule has 0 radical (unpaired) electrons. The topological polar surface area (TPSA) is 50.8 Å². The number of carbonyl (C=O) groups is 1. The number of carbonyl (C=O) groups excluding carboxylic acids is 1. The number of hydrogen-bond donors (Lipinski definition) is 1. The van der Waals surface area contributed by atoms with Gasteiger partial charge in [0.2, 0.25) is 0 Å². The molecule has 1 N–H and O–H groups in total. The quantitative estimate of drug-likeness (QED) is 0.698. The second-order valence-electron chi connectivity index (χ2n) is 7.18. The number of nitrogens with one attached hydrogen (secondary N) is 1.